The number of halogens is 11. The van der Waals surface area contributed by atoms with Crippen LogP contribution in [0.3, 0.4) is 0 Å². The van der Waals surface area contributed by atoms with Gasteiger partial charge in [0.15, 0.2) is 11.6 Å². The van der Waals surface area contributed by atoms with Crippen LogP contribution in [0.4, 0.5) is 48.3 Å². The molecular weight excluding hydrogens is 385 g/mol. The first kappa shape index (κ1) is 21.0. The van der Waals surface area contributed by atoms with E-state index in [-0.39, 0.29) is 6.07 Å². The predicted molar refractivity (Wildman–Crippen MR) is 58.1 cm³/mol. The Morgan fingerprint density at radius 2 is 1.32 bits per heavy atom. The van der Waals surface area contributed by atoms with E-state index >= 15 is 0 Å². The summed E-state index contributed by atoms with van der Waals surface area (Å²) in [5.74, 6) is -29.6. The molecule has 0 saturated carbocycles. The largest absolute Gasteiger partial charge is 0.494 e. The molecule has 0 spiro atoms. The van der Waals surface area contributed by atoms with E-state index in [2.05, 4.69) is 4.74 Å². The Kier molecular flexibility index (Phi) is 5.05. The lowest BCUT2D eigenvalue weighted by Gasteiger charge is -2.32. The minimum Gasteiger partial charge on any atom is -0.494 e. The average molecular weight is 390 g/mol. The van der Waals surface area contributed by atoms with Gasteiger partial charge in [0.25, 0.3) is 0 Å². The number of carbonyl (C=O) groups excluding carboxylic acids is 1. The van der Waals surface area contributed by atoms with Crippen LogP contribution in [0.2, 0.25) is 0 Å². The average Bonchev–Trinajstić information content (AvgIpc) is 2.46. The number of ether oxygens (including phenoxy) is 1. The first-order valence-corrected chi connectivity index (χ1v) is 5.80. The molecule has 0 heterocycles. The fraction of sp³-hybridized carbons (Fsp3) is 0.417. The minimum absolute atomic E-state index is 0.0569. The van der Waals surface area contributed by atoms with Gasteiger partial charge in [0.2, 0.25) is 5.78 Å². The van der Waals surface area contributed by atoms with E-state index in [1.165, 1.54) is 0 Å². The Morgan fingerprint density at radius 1 is 0.840 bits per heavy atom. The quantitative estimate of drug-likeness (QED) is 0.542. The molecule has 0 fully saturated rings. The summed E-state index contributed by atoms with van der Waals surface area (Å²) in [4.78, 5) is 11.3. The molecule has 1 aromatic carbocycles. The van der Waals surface area contributed by atoms with Gasteiger partial charge in [0, 0.05) is 6.07 Å². The molecule has 1 rings (SSSR count). The fourth-order valence-electron chi connectivity index (χ4n) is 1.55. The van der Waals surface area contributed by atoms with Crippen molar-refractivity contribution in [1.29, 1.82) is 0 Å². The molecule has 0 aromatic heterocycles. The molecule has 0 radical (unpaired) electrons. The SMILES string of the molecule is COc1cc(F)c(C(=O)C(F)(F)C(F)(F)C(F)(F)C(F)(F)F)cc1F. The van der Waals surface area contributed by atoms with Crippen LogP contribution in [-0.4, -0.2) is 36.8 Å². The molecule has 0 aliphatic carbocycles. The molecule has 1 aromatic rings. The van der Waals surface area contributed by atoms with Gasteiger partial charge < -0.3 is 4.74 Å². The van der Waals surface area contributed by atoms with Crippen LogP contribution < -0.4 is 4.74 Å². The van der Waals surface area contributed by atoms with Gasteiger partial charge in [-0.1, -0.05) is 0 Å². The van der Waals surface area contributed by atoms with Gasteiger partial charge in [-0.15, -0.1) is 0 Å². The van der Waals surface area contributed by atoms with E-state index in [9.17, 15) is 53.1 Å². The Hall–Kier alpha value is -2.08. The maximum Gasteiger partial charge on any atom is 0.460 e. The molecule has 0 N–H and O–H groups in total. The summed E-state index contributed by atoms with van der Waals surface area (Å²) < 4.78 is 145. The summed E-state index contributed by atoms with van der Waals surface area (Å²) in [5, 5.41) is 0. The van der Waals surface area contributed by atoms with Gasteiger partial charge in [0.1, 0.15) is 5.82 Å². The number of benzene rings is 1. The monoisotopic (exact) mass is 390 g/mol. The number of hydrogen-bond donors (Lipinski definition) is 0. The van der Waals surface area contributed by atoms with Crippen LogP contribution in [-0.2, 0) is 0 Å². The molecule has 0 unspecified atom stereocenters. The van der Waals surface area contributed by atoms with Crippen molar-refractivity contribution in [2.45, 2.75) is 23.9 Å². The van der Waals surface area contributed by atoms with Crippen molar-refractivity contribution in [3.05, 3.63) is 29.3 Å². The van der Waals surface area contributed by atoms with Crippen molar-refractivity contribution in [3.8, 4) is 5.75 Å². The molecular formula is C12H5F11O2. The van der Waals surface area contributed by atoms with Crippen LogP contribution in [0.1, 0.15) is 10.4 Å². The zero-order valence-corrected chi connectivity index (χ0v) is 11.6. The van der Waals surface area contributed by atoms with Gasteiger partial charge in [0.05, 0.1) is 12.7 Å². The normalized spacial score (nSPS) is 13.8. The second-order valence-electron chi connectivity index (χ2n) is 4.52. The van der Waals surface area contributed by atoms with E-state index in [4.69, 9.17) is 0 Å². The summed E-state index contributed by atoms with van der Waals surface area (Å²) in [7, 11) is 0.770. The molecule has 0 bridgehead atoms. The highest BCUT2D eigenvalue weighted by atomic mass is 19.4. The van der Waals surface area contributed by atoms with Gasteiger partial charge in [-0.3, -0.25) is 4.79 Å². The van der Waals surface area contributed by atoms with Crippen LogP contribution >= 0.6 is 0 Å². The smallest absolute Gasteiger partial charge is 0.460 e. The molecule has 0 aliphatic heterocycles. The number of rotatable bonds is 5. The third-order valence-corrected chi connectivity index (χ3v) is 2.92. The third-order valence-electron chi connectivity index (χ3n) is 2.92. The van der Waals surface area contributed by atoms with E-state index in [0.717, 1.165) is 7.11 Å². The van der Waals surface area contributed by atoms with Gasteiger partial charge >= 0.3 is 23.9 Å². The number of carbonyl (C=O) groups is 1. The maximum absolute atomic E-state index is 13.5. The molecule has 142 valence electrons. The van der Waals surface area contributed by atoms with E-state index < -0.39 is 58.7 Å². The third kappa shape index (κ3) is 3.11. The number of alkyl halides is 9. The highest BCUT2D eigenvalue weighted by molar-refractivity contribution is 6.02. The summed E-state index contributed by atoms with van der Waals surface area (Å²) in [6.07, 6.45) is -7.15. The number of ketones is 1. The first-order valence-electron chi connectivity index (χ1n) is 5.80. The van der Waals surface area contributed by atoms with Gasteiger partial charge in [-0.2, -0.15) is 39.5 Å². The predicted octanol–water partition coefficient (Wildman–Crippen LogP) is 4.62. The highest BCUT2D eigenvalue weighted by Crippen LogP contribution is 2.53. The number of Topliss-reactive ketones (excluding diaryl/α,β-unsaturated/α-hetero) is 1. The van der Waals surface area contributed by atoms with Crippen molar-refractivity contribution in [3.63, 3.8) is 0 Å². The summed E-state index contributed by atoms with van der Waals surface area (Å²) in [6.45, 7) is 0. The maximum atomic E-state index is 13.5. The first-order chi connectivity index (χ1) is 11.0. The Balaban J connectivity index is 3.49. The number of methoxy groups -OCH3 is 1. The second kappa shape index (κ2) is 6.02. The van der Waals surface area contributed by atoms with Crippen molar-refractivity contribution in [2.24, 2.45) is 0 Å². The summed E-state index contributed by atoms with van der Waals surface area (Å²) >= 11 is 0. The van der Waals surface area contributed by atoms with Gasteiger partial charge in [-0.05, 0) is 6.07 Å². The molecule has 0 atom stereocenters. The molecule has 13 heteroatoms. The van der Waals surface area contributed by atoms with E-state index in [0.29, 0.717) is 0 Å². The Bertz CT molecular complexity index is 678. The minimum atomic E-state index is -7.33. The van der Waals surface area contributed by atoms with Crippen LogP contribution in [0, 0.1) is 11.6 Å². The zero-order valence-electron chi connectivity index (χ0n) is 11.6. The zero-order chi connectivity index (χ0) is 20.0. The molecule has 0 amide bonds. The topological polar surface area (TPSA) is 26.3 Å². The summed E-state index contributed by atoms with van der Waals surface area (Å²) in [6, 6.07) is -0.453. The second-order valence-corrected chi connectivity index (χ2v) is 4.52. The highest BCUT2D eigenvalue weighted by Gasteiger charge is 2.83. The van der Waals surface area contributed by atoms with Crippen LogP contribution in [0.15, 0.2) is 12.1 Å². The Morgan fingerprint density at radius 3 is 1.72 bits per heavy atom. The summed E-state index contributed by atoms with van der Waals surface area (Å²) in [5.41, 5.74) is -2.17. The van der Waals surface area contributed by atoms with Crippen LogP contribution in [0.5, 0.6) is 5.75 Å². The number of hydrogen-bond acceptors (Lipinski definition) is 2. The van der Waals surface area contributed by atoms with Gasteiger partial charge in [-0.25, -0.2) is 8.78 Å². The molecule has 0 aliphatic rings. The molecule has 0 saturated heterocycles. The molecule has 25 heavy (non-hydrogen) atoms. The van der Waals surface area contributed by atoms with E-state index in [1.807, 2.05) is 0 Å². The van der Waals surface area contributed by atoms with Crippen molar-refractivity contribution in [2.75, 3.05) is 7.11 Å². The lowest BCUT2D eigenvalue weighted by Crippen LogP contribution is -2.63. The lowest BCUT2D eigenvalue weighted by molar-refractivity contribution is -0.386. The molecule has 2 nitrogen and oxygen atoms in total. The van der Waals surface area contributed by atoms with E-state index in [1.54, 1.807) is 0 Å². The lowest BCUT2D eigenvalue weighted by atomic mass is 9.95. The van der Waals surface area contributed by atoms with Crippen LogP contribution in [0.25, 0.3) is 0 Å². The standard InChI is InChI=1S/C12H5F11O2/c1-25-7-3-5(13)4(2-6(7)14)8(24)9(15,16)10(17,18)11(19,20)12(21,22)23/h2-3H,1H3. The fourth-order valence-corrected chi connectivity index (χ4v) is 1.55. The van der Waals surface area contributed by atoms with Crippen molar-refractivity contribution in [1.82, 2.24) is 0 Å². The Labute approximate surface area is 131 Å². The van der Waals surface area contributed by atoms with Crippen molar-refractivity contribution < 1.29 is 57.8 Å². The van der Waals surface area contributed by atoms with Crippen molar-refractivity contribution >= 4 is 5.78 Å².